The zero-order chi connectivity index (χ0) is 25.3. The van der Waals surface area contributed by atoms with Gasteiger partial charge in [0.2, 0.25) is 0 Å². The molecule has 178 valence electrons. The second kappa shape index (κ2) is 9.47. The van der Waals surface area contributed by atoms with E-state index in [1.807, 2.05) is 6.92 Å². The predicted molar refractivity (Wildman–Crippen MR) is 128 cm³/mol. The van der Waals surface area contributed by atoms with E-state index in [0.717, 1.165) is 12.1 Å². The fourth-order valence-electron chi connectivity index (χ4n) is 3.50. The number of primary amides is 1. The number of nitrogens with two attached hydrogens (primary N) is 2. The van der Waals surface area contributed by atoms with Crippen molar-refractivity contribution in [3.05, 3.63) is 93.3 Å². The number of nitrogen functional groups attached to an aromatic ring is 1. The third-order valence-corrected chi connectivity index (χ3v) is 5.38. The molecule has 35 heavy (non-hydrogen) atoms. The maximum absolute atomic E-state index is 13.5. The molecular formula is C23H18ClF2N7O2. The summed E-state index contributed by atoms with van der Waals surface area (Å²) in [7, 11) is 0. The van der Waals surface area contributed by atoms with Crippen LogP contribution in [0.2, 0.25) is 5.02 Å². The van der Waals surface area contributed by atoms with Crippen molar-refractivity contribution in [2.45, 2.75) is 13.3 Å². The molecule has 4 N–H and O–H groups in total. The van der Waals surface area contributed by atoms with Crippen LogP contribution < -0.4 is 17.0 Å². The minimum Gasteiger partial charge on any atom is -0.381 e. The van der Waals surface area contributed by atoms with E-state index in [1.54, 1.807) is 36.7 Å². The van der Waals surface area contributed by atoms with Gasteiger partial charge in [-0.2, -0.15) is 0 Å². The van der Waals surface area contributed by atoms with Crippen LogP contribution in [-0.2, 0) is 6.42 Å². The zero-order valence-corrected chi connectivity index (χ0v) is 19.0. The number of halogens is 3. The van der Waals surface area contributed by atoms with Crippen LogP contribution in [0.4, 0.5) is 14.6 Å². The van der Waals surface area contributed by atoms with Gasteiger partial charge in [-0.05, 0) is 30.3 Å². The fraction of sp³-hybridized carbons (Fsp3) is 0.0870. The van der Waals surface area contributed by atoms with Crippen LogP contribution in [0, 0.1) is 11.6 Å². The number of fused-ring (bicyclic) bond motifs is 2. The van der Waals surface area contributed by atoms with Crippen molar-refractivity contribution in [1.82, 2.24) is 24.1 Å². The van der Waals surface area contributed by atoms with Gasteiger partial charge in [0.15, 0.2) is 23.1 Å². The lowest BCUT2D eigenvalue weighted by Crippen LogP contribution is -2.24. The average molecular weight is 498 g/mol. The molecule has 0 saturated carbocycles. The number of amides is 1. The third kappa shape index (κ3) is 4.41. The summed E-state index contributed by atoms with van der Waals surface area (Å²) in [5.41, 5.74) is 11.4. The van der Waals surface area contributed by atoms with Gasteiger partial charge in [-0.15, -0.1) is 5.10 Å². The van der Waals surface area contributed by atoms with E-state index in [9.17, 15) is 18.4 Å². The quantitative estimate of drug-likeness (QED) is 0.393. The monoisotopic (exact) mass is 497 g/mol. The molecule has 0 aliphatic carbocycles. The maximum atomic E-state index is 13.5. The van der Waals surface area contributed by atoms with Crippen molar-refractivity contribution in [2.75, 3.05) is 5.73 Å². The van der Waals surface area contributed by atoms with E-state index >= 15 is 0 Å². The molecule has 3 heterocycles. The summed E-state index contributed by atoms with van der Waals surface area (Å²) in [6, 6.07) is 9.96. The topological polar surface area (TPSA) is 134 Å². The molecular weight excluding hydrogens is 480 g/mol. The first-order valence-electron chi connectivity index (χ1n) is 10.3. The largest absolute Gasteiger partial charge is 0.381 e. The molecule has 1 amide bonds. The lowest BCUT2D eigenvalue weighted by atomic mass is 10.2. The van der Waals surface area contributed by atoms with Gasteiger partial charge >= 0.3 is 0 Å². The van der Waals surface area contributed by atoms with Gasteiger partial charge in [0.25, 0.3) is 11.5 Å². The van der Waals surface area contributed by atoms with Crippen LogP contribution in [-0.4, -0.2) is 30.1 Å². The van der Waals surface area contributed by atoms with Crippen molar-refractivity contribution in [3.8, 4) is 5.69 Å². The van der Waals surface area contributed by atoms with Gasteiger partial charge in [0, 0.05) is 24.9 Å². The molecule has 0 aliphatic heterocycles. The molecule has 5 rings (SSSR count). The summed E-state index contributed by atoms with van der Waals surface area (Å²) in [6.07, 6.45) is 3.64. The Morgan fingerprint density at radius 3 is 2.60 bits per heavy atom. The summed E-state index contributed by atoms with van der Waals surface area (Å²) < 4.78 is 29.3. The molecule has 2 aromatic carbocycles. The average Bonchev–Trinajstić information content (AvgIpc) is 3.17. The molecule has 0 saturated heterocycles. The minimum atomic E-state index is -1.02. The summed E-state index contributed by atoms with van der Waals surface area (Å²) >= 11 is 6.09. The number of anilines is 1. The lowest BCUT2D eigenvalue weighted by Gasteiger charge is -2.13. The molecule has 0 atom stereocenters. The Morgan fingerprint density at radius 1 is 1.14 bits per heavy atom. The molecule has 0 aliphatic rings. The van der Waals surface area contributed by atoms with E-state index in [2.05, 4.69) is 15.1 Å². The summed E-state index contributed by atoms with van der Waals surface area (Å²) in [5, 5.41) is 4.39. The highest BCUT2D eigenvalue weighted by Crippen LogP contribution is 2.21. The van der Waals surface area contributed by atoms with Crippen molar-refractivity contribution >= 4 is 39.9 Å². The number of nitrogens with zero attached hydrogens (tertiary/aromatic N) is 5. The molecule has 0 fully saturated rings. The Bertz CT molecular complexity index is 1650. The van der Waals surface area contributed by atoms with Crippen LogP contribution >= 0.6 is 11.6 Å². The Kier molecular flexibility index (Phi) is 6.43. The minimum absolute atomic E-state index is 0.103. The zero-order valence-electron chi connectivity index (χ0n) is 18.2. The highest BCUT2D eigenvalue weighted by atomic mass is 35.5. The number of aryl methyl sites for hydroxylation is 1. The standard InChI is InChI=1S/C16H11ClF2N2O.C7H7N5O/c1-2-14-20-13-5-3-4-10(17)15(13)16(22)21(14)9-6-7-11(18)12(19)8-9;8-5-4(6(9)13)7-10-2-1-3-12(7)11-5/h3-8H,2H2,1H3;1-3H,(H2,8,11)(H2,9,13). The Labute approximate surface area is 201 Å². The van der Waals surface area contributed by atoms with Crippen molar-refractivity contribution in [2.24, 2.45) is 5.73 Å². The Hall–Kier alpha value is -4.38. The fourth-order valence-corrected chi connectivity index (χ4v) is 3.75. The van der Waals surface area contributed by atoms with Gasteiger partial charge in [-0.25, -0.2) is 23.3 Å². The molecule has 0 radical (unpaired) electrons. The Balaban J connectivity index is 0.000000189. The van der Waals surface area contributed by atoms with Crippen molar-refractivity contribution < 1.29 is 13.6 Å². The van der Waals surface area contributed by atoms with E-state index in [1.165, 1.54) is 15.1 Å². The van der Waals surface area contributed by atoms with Crippen molar-refractivity contribution in [3.63, 3.8) is 0 Å². The number of hydrogen-bond acceptors (Lipinski definition) is 6. The molecule has 0 bridgehead atoms. The predicted octanol–water partition coefficient (Wildman–Crippen LogP) is 3.29. The first-order chi connectivity index (χ1) is 16.7. The molecule has 12 heteroatoms. The van der Waals surface area contributed by atoms with Gasteiger partial charge in [0.1, 0.15) is 11.4 Å². The second-order valence-corrected chi connectivity index (χ2v) is 7.67. The number of carbonyl (C=O) groups excluding carboxylic acids is 1. The van der Waals surface area contributed by atoms with Gasteiger partial charge < -0.3 is 11.5 Å². The van der Waals surface area contributed by atoms with Crippen LogP contribution in [0.15, 0.2) is 59.7 Å². The van der Waals surface area contributed by atoms with Crippen molar-refractivity contribution in [1.29, 1.82) is 0 Å². The number of rotatable bonds is 3. The number of carbonyl (C=O) groups is 1. The smallest absolute Gasteiger partial charge is 0.267 e. The van der Waals surface area contributed by atoms with E-state index < -0.39 is 23.1 Å². The first-order valence-corrected chi connectivity index (χ1v) is 10.6. The molecule has 0 spiro atoms. The highest BCUT2D eigenvalue weighted by molar-refractivity contribution is 6.35. The molecule has 3 aromatic heterocycles. The number of hydrogen-bond donors (Lipinski definition) is 2. The van der Waals surface area contributed by atoms with Crippen LogP contribution in [0.5, 0.6) is 0 Å². The van der Waals surface area contributed by atoms with Gasteiger partial charge in [-0.3, -0.25) is 14.2 Å². The van der Waals surface area contributed by atoms with Crippen LogP contribution in [0.25, 0.3) is 22.2 Å². The van der Waals surface area contributed by atoms with E-state index in [4.69, 9.17) is 23.1 Å². The van der Waals surface area contributed by atoms with E-state index in [0.29, 0.717) is 23.4 Å². The molecule has 0 unspecified atom stereocenters. The Morgan fingerprint density at radius 2 is 1.91 bits per heavy atom. The molecule has 9 nitrogen and oxygen atoms in total. The first kappa shape index (κ1) is 23.8. The van der Waals surface area contributed by atoms with E-state index in [-0.39, 0.29) is 27.5 Å². The van der Waals surface area contributed by atoms with Crippen LogP contribution in [0.1, 0.15) is 23.1 Å². The normalized spacial score (nSPS) is 10.9. The second-order valence-electron chi connectivity index (χ2n) is 7.27. The van der Waals surface area contributed by atoms with Gasteiger partial charge in [0.05, 0.1) is 21.6 Å². The third-order valence-electron chi connectivity index (χ3n) is 5.06. The summed E-state index contributed by atoms with van der Waals surface area (Å²) in [5.74, 6) is -2.06. The number of aromatic nitrogens is 5. The summed E-state index contributed by atoms with van der Waals surface area (Å²) in [6.45, 7) is 1.83. The lowest BCUT2D eigenvalue weighted by molar-refractivity contribution is 0.100. The number of benzene rings is 2. The SMILES string of the molecule is CCc1nc2cccc(Cl)c2c(=O)n1-c1ccc(F)c(F)c1.NC(=O)c1c(N)nn2cccnc12. The molecule has 5 aromatic rings. The summed E-state index contributed by atoms with van der Waals surface area (Å²) in [4.78, 5) is 32.0. The maximum Gasteiger partial charge on any atom is 0.267 e. The van der Waals surface area contributed by atoms with Crippen LogP contribution in [0.3, 0.4) is 0 Å². The highest BCUT2D eigenvalue weighted by Gasteiger charge is 2.16. The van der Waals surface area contributed by atoms with Gasteiger partial charge in [-0.1, -0.05) is 24.6 Å².